The largest absolute Gasteiger partial charge is 0.478 e. The Labute approximate surface area is 126 Å². The van der Waals surface area contributed by atoms with E-state index in [-0.39, 0.29) is 0 Å². The van der Waals surface area contributed by atoms with E-state index in [1.807, 2.05) is 13.0 Å². The van der Waals surface area contributed by atoms with E-state index < -0.39 is 5.97 Å². The molecule has 0 aliphatic heterocycles. The van der Waals surface area contributed by atoms with Crippen LogP contribution in [-0.2, 0) is 6.54 Å². The first-order valence-electron chi connectivity index (χ1n) is 7.75. The number of carboxylic acids is 1. The van der Waals surface area contributed by atoms with Gasteiger partial charge in [0.15, 0.2) is 0 Å². The van der Waals surface area contributed by atoms with Gasteiger partial charge in [0.05, 0.1) is 11.1 Å². The monoisotopic (exact) mass is 287 g/mol. The number of unbranched alkanes of at least 4 members (excludes halogenated alkanes) is 1. The van der Waals surface area contributed by atoms with Crippen molar-refractivity contribution < 1.29 is 9.90 Å². The first-order valence-corrected chi connectivity index (χ1v) is 7.75. The van der Waals surface area contributed by atoms with Crippen LogP contribution < -0.4 is 0 Å². The average Bonchev–Trinajstić information content (AvgIpc) is 2.68. The molecule has 21 heavy (non-hydrogen) atoms. The Balaban J connectivity index is 2.88. The van der Waals surface area contributed by atoms with Crippen LogP contribution in [0.15, 0.2) is 12.1 Å². The minimum absolute atomic E-state index is 0.389. The van der Waals surface area contributed by atoms with Crippen molar-refractivity contribution in [1.29, 1.82) is 0 Å². The predicted octanol–water partition coefficient (Wildman–Crippen LogP) is 4.88. The number of benzene rings is 1. The van der Waals surface area contributed by atoms with Gasteiger partial charge < -0.3 is 9.67 Å². The Bertz CT molecular complexity index is 680. The molecule has 0 spiro atoms. The first kappa shape index (κ1) is 15.6. The van der Waals surface area contributed by atoms with Crippen molar-refractivity contribution in [3.8, 4) is 0 Å². The van der Waals surface area contributed by atoms with E-state index in [2.05, 4.69) is 38.3 Å². The topological polar surface area (TPSA) is 42.2 Å². The highest BCUT2D eigenvalue weighted by atomic mass is 16.4. The van der Waals surface area contributed by atoms with E-state index in [1.54, 1.807) is 0 Å². The number of aromatic carboxylic acids is 1. The predicted molar refractivity (Wildman–Crippen MR) is 87.4 cm³/mol. The molecule has 2 rings (SSSR count). The number of rotatable bonds is 5. The average molecular weight is 287 g/mol. The number of nitrogens with zero attached hydrogens (tertiary/aromatic N) is 1. The third-order valence-electron chi connectivity index (χ3n) is 4.27. The summed E-state index contributed by atoms with van der Waals surface area (Å²) < 4.78 is 2.21. The molecule has 3 heteroatoms. The molecule has 0 saturated carbocycles. The molecule has 114 valence electrons. The fraction of sp³-hybridized carbons (Fsp3) is 0.500. The Hall–Kier alpha value is -1.77. The van der Waals surface area contributed by atoms with Gasteiger partial charge in [-0.05, 0) is 37.3 Å². The third kappa shape index (κ3) is 2.57. The highest BCUT2D eigenvalue weighted by molar-refractivity contribution is 6.05. The van der Waals surface area contributed by atoms with Crippen LogP contribution in [0.3, 0.4) is 0 Å². The number of aromatic nitrogens is 1. The second-order valence-corrected chi connectivity index (χ2v) is 6.12. The van der Waals surface area contributed by atoms with Gasteiger partial charge >= 0.3 is 5.97 Å². The Morgan fingerprint density at radius 3 is 2.48 bits per heavy atom. The van der Waals surface area contributed by atoms with Crippen LogP contribution in [0.4, 0.5) is 0 Å². The molecule has 2 aromatic rings. The maximum Gasteiger partial charge on any atom is 0.338 e. The molecule has 0 fully saturated rings. The lowest BCUT2D eigenvalue weighted by Crippen LogP contribution is -2.07. The van der Waals surface area contributed by atoms with Crippen molar-refractivity contribution in [2.24, 2.45) is 0 Å². The molecule has 0 atom stereocenters. The van der Waals surface area contributed by atoms with Crippen LogP contribution in [0.5, 0.6) is 0 Å². The SMILES string of the molecule is CCCCn1c(C)c(C(C)C)c2ccc(C)c(C(=O)O)c21. The zero-order valence-corrected chi connectivity index (χ0v) is 13.7. The van der Waals surface area contributed by atoms with Crippen molar-refractivity contribution in [3.63, 3.8) is 0 Å². The lowest BCUT2D eigenvalue weighted by atomic mass is 9.97. The number of carbonyl (C=O) groups is 1. The van der Waals surface area contributed by atoms with Gasteiger partial charge in [0, 0.05) is 17.6 Å². The molecule has 0 aliphatic carbocycles. The van der Waals surface area contributed by atoms with E-state index in [9.17, 15) is 9.90 Å². The van der Waals surface area contributed by atoms with E-state index in [0.29, 0.717) is 11.5 Å². The fourth-order valence-corrected chi connectivity index (χ4v) is 3.29. The zero-order valence-electron chi connectivity index (χ0n) is 13.7. The molecule has 3 nitrogen and oxygen atoms in total. The highest BCUT2D eigenvalue weighted by Gasteiger charge is 2.22. The number of fused-ring (bicyclic) bond motifs is 1. The summed E-state index contributed by atoms with van der Waals surface area (Å²) in [6.45, 7) is 11.4. The molecule has 0 saturated heterocycles. The van der Waals surface area contributed by atoms with Gasteiger partial charge in [-0.15, -0.1) is 0 Å². The summed E-state index contributed by atoms with van der Waals surface area (Å²) in [6.07, 6.45) is 2.17. The highest BCUT2D eigenvalue weighted by Crippen LogP contribution is 2.35. The molecule has 0 aliphatic rings. The van der Waals surface area contributed by atoms with E-state index in [4.69, 9.17) is 0 Å². The molecule has 1 aromatic carbocycles. The molecule has 0 radical (unpaired) electrons. The van der Waals surface area contributed by atoms with Crippen molar-refractivity contribution in [2.75, 3.05) is 0 Å². The zero-order chi connectivity index (χ0) is 15.7. The second-order valence-electron chi connectivity index (χ2n) is 6.12. The van der Waals surface area contributed by atoms with Gasteiger partial charge in [0.1, 0.15) is 0 Å². The summed E-state index contributed by atoms with van der Waals surface area (Å²) in [7, 11) is 0. The maximum absolute atomic E-state index is 11.7. The normalized spacial score (nSPS) is 11.5. The minimum atomic E-state index is -0.830. The van der Waals surface area contributed by atoms with Crippen molar-refractivity contribution >= 4 is 16.9 Å². The van der Waals surface area contributed by atoms with Crippen LogP contribution >= 0.6 is 0 Å². The molecular formula is C18H25NO2. The van der Waals surface area contributed by atoms with Crippen molar-refractivity contribution in [2.45, 2.75) is 59.9 Å². The van der Waals surface area contributed by atoms with Crippen molar-refractivity contribution in [1.82, 2.24) is 4.57 Å². The summed E-state index contributed by atoms with van der Waals surface area (Å²) >= 11 is 0. The van der Waals surface area contributed by atoms with Gasteiger partial charge in [-0.25, -0.2) is 4.79 Å². The Morgan fingerprint density at radius 2 is 1.95 bits per heavy atom. The summed E-state index contributed by atoms with van der Waals surface area (Å²) in [6, 6.07) is 4.02. The molecule has 1 aromatic heterocycles. The van der Waals surface area contributed by atoms with Gasteiger partial charge in [-0.3, -0.25) is 0 Å². The maximum atomic E-state index is 11.7. The number of carboxylic acid groups (broad SMARTS) is 1. The Morgan fingerprint density at radius 1 is 1.29 bits per heavy atom. The summed E-state index contributed by atoms with van der Waals surface area (Å²) in [5, 5.41) is 10.7. The smallest absolute Gasteiger partial charge is 0.338 e. The lowest BCUT2D eigenvalue weighted by molar-refractivity contribution is 0.0698. The van der Waals surface area contributed by atoms with Crippen LogP contribution in [-0.4, -0.2) is 15.6 Å². The summed E-state index contributed by atoms with van der Waals surface area (Å²) in [4.78, 5) is 11.7. The number of aryl methyl sites for hydroxylation is 2. The number of hydrogen-bond donors (Lipinski definition) is 1. The molecule has 0 bridgehead atoms. The van der Waals surface area contributed by atoms with E-state index in [0.717, 1.165) is 35.9 Å². The quantitative estimate of drug-likeness (QED) is 0.851. The van der Waals surface area contributed by atoms with Gasteiger partial charge in [0.2, 0.25) is 0 Å². The summed E-state index contributed by atoms with van der Waals surface area (Å²) in [5.74, 6) is -0.441. The van der Waals surface area contributed by atoms with Crippen LogP contribution in [0.25, 0.3) is 10.9 Å². The Kier molecular flexibility index (Phi) is 4.40. The standard InChI is InChI=1S/C18H25NO2/c1-6-7-10-19-13(5)15(11(2)3)14-9-8-12(4)16(17(14)19)18(20)21/h8-9,11H,6-7,10H2,1-5H3,(H,20,21). The van der Waals surface area contributed by atoms with Crippen molar-refractivity contribution in [3.05, 3.63) is 34.5 Å². The van der Waals surface area contributed by atoms with Gasteiger partial charge in [0.25, 0.3) is 0 Å². The second kappa shape index (κ2) is 5.92. The van der Waals surface area contributed by atoms with Gasteiger partial charge in [-0.1, -0.05) is 39.3 Å². The van der Waals surface area contributed by atoms with Gasteiger partial charge in [-0.2, -0.15) is 0 Å². The fourth-order valence-electron chi connectivity index (χ4n) is 3.29. The summed E-state index contributed by atoms with van der Waals surface area (Å²) in [5.41, 5.74) is 4.68. The van der Waals surface area contributed by atoms with E-state index in [1.165, 1.54) is 11.3 Å². The molecular weight excluding hydrogens is 262 g/mol. The minimum Gasteiger partial charge on any atom is -0.478 e. The third-order valence-corrected chi connectivity index (χ3v) is 4.27. The molecule has 1 N–H and O–H groups in total. The van der Waals surface area contributed by atoms with Crippen LogP contribution in [0, 0.1) is 13.8 Å². The lowest BCUT2D eigenvalue weighted by Gasteiger charge is -2.11. The van der Waals surface area contributed by atoms with E-state index >= 15 is 0 Å². The number of hydrogen-bond acceptors (Lipinski definition) is 1. The molecule has 1 heterocycles. The first-order chi connectivity index (χ1) is 9.90. The molecule has 0 amide bonds. The molecule has 0 unspecified atom stereocenters. The van der Waals surface area contributed by atoms with Crippen LogP contribution in [0.2, 0.25) is 0 Å². The van der Waals surface area contributed by atoms with Crippen LogP contribution in [0.1, 0.15) is 66.7 Å².